The zero-order chi connectivity index (χ0) is 11.8. The van der Waals surface area contributed by atoms with Crippen LogP contribution in [0.15, 0.2) is 35.4 Å². The van der Waals surface area contributed by atoms with E-state index in [0.29, 0.717) is 10.9 Å². The molecule has 5 nitrogen and oxygen atoms in total. The first kappa shape index (κ1) is 10.8. The molecule has 0 aliphatic carbocycles. The topological polar surface area (TPSA) is 82.3 Å². The van der Waals surface area contributed by atoms with Gasteiger partial charge in [-0.2, -0.15) is 0 Å². The van der Waals surface area contributed by atoms with Crippen molar-refractivity contribution in [1.29, 1.82) is 0 Å². The third-order valence-electron chi connectivity index (χ3n) is 2.20. The number of nitrogens with zero attached hydrogens (tertiary/aromatic N) is 1. The Hall–Kier alpha value is -1.66. The van der Waals surface area contributed by atoms with Crippen molar-refractivity contribution < 1.29 is 13.2 Å². The fourth-order valence-electron chi connectivity index (χ4n) is 1.54. The summed E-state index contributed by atoms with van der Waals surface area (Å²) in [6, 6.07) is 6.78. The Kier molecular flexibility index (Phi) is 2.53. The van der Waals surface area contributed by atoms with Gasteiger partial charge in [0.25, 0.3) is 0 Å². The molecule has 0 radical (unpaired) electrons. The fourth-order valence-corrected chi connectivity index (χ4v) is 2.41. The van der Waals surface area contributed by atoms with Gasteiger partial charge in [0.15, 0.2) is 0 Å². The Morgan fingerprint density at radius 1 is 1.31 bits per heavy atom. The highest BCUT2D eigenvalue weighted by Crippen LogP contribution is 2.29. The van der Waals surface area contributed by atoms with Crippen molar-refractivity contribution in [3.8, 4) is 5.75 Å². The Morgan fingerprint density at radius 3 is 2.69 bits per heavy atom. The fraction of sp³-hybridized carbons (Fsp3) is 0.100. The van der Waals surface area contributed by atoms with Crippen LogP contribution < -0.4 is 9.88 Å². The van der Waals surface area contributed by atoms with Crippen molar-refractivity contribution in [1.82, 2.24) is 4.98 Å². The summed E-state index contributed by atoms with van der Waals surface area (Å²) >= 11 is 0. The maximum atomic E-state index is 11.5. The van der Waals surface area contributed by atoms with E-state index in [9.17, 15) is 8.42 Å². The van der Waals surface area contributed by atoms with Gasteiger partial charge in [-0.3, -0.25) is 4.98 Å². The number of fused-ring (bicyclic) bond motifs is 1. The molecule has 0 aliphatic heterocycles. The average molecular weight is 238 g/mol. The van der Waals surface area contributed by atoms with Crippen LogP contribution in [-0.4, -0.2) is 20.5 Å². The first-order valence-electron chi connectivity index (χ1n) is 4.48. The Morgan fingerprint density at radius 2 is 2.06 bits per heavy atom. The quantitative estimate of drug-likeness (QED) is 0.842. The van der Waals surface area contributed by atoms with Crippen molar-refractivity contribution >= 4 is 20.9 Å². The number of ether oxygens (including phenoxy) is 1. The second-order valence-electron chi connectivity index (χ2n) is 3.22. The van der Waals surface area contributed by atoms with Crippen molar-refractivity contribution in [2.75, 3.05) is 7.11 Å². The third kappa shape index (κ3) is 1.72. The van der Waals surface area contributed by atoms with Gasteiger partial charge in [0.05, 0.1) is 12.6 Å². The minimum Gasteiger partial charge on any atom is -0.495 e. The van der Waals surface area contributed by atoms with Gasteiger partial charge in [-0.25, -0.2) is 13.6 Å². The number of pyridine rings is 1. The van der Waals surface area contributed by atoms with Gasteiger partial charge in [0.2, 0.25) is 10.0 Å². The van der Waals surface area contributed by atoms with E-state index in [1.54, 1.807) is 24.3 Å². The molecule has 0 saturated carbocycles. The van der Waals surface area contributed by atoms with Crippen LogP contribution in [0.4, 0.5) is 0 Å². The van der Waals surface area contributed by atoms with Gasteiger partial charge < -0.3 is 4.74 Å². The molecule has 0 saturated heterocycles. The molecule has 6 heteroatoms. The summed E-state index contributed by atoms with van der Waals surface area (Å²) in [5.74, 6) is 0.203. The van der Waals surface area contributed by atoms with Crippen molar-refractivity contribution in [3.63, 3.8) is 0 Å². The monoisotopic (exact) mass is 238 g/mol. The smallest absolute Gasteiger partial charge is 0.243 e. The molecule has 0 fully saturated rings. The first-order chi connectivity index (χ1) is 7.54. The number of aromatic nitrogens is 1. The summed E-state index contributed by atoms with van der Waals surface area (Å²) in [5, 5.41) is 5.85. The number of rotatable bonds is 2. The maximum Gasteiger partial charge on any atom is 0.243 e. The summed E-state index contributed by atoms with van der Waals surface area (Å²) in [7, 11) is -2.47. The SMILES string of the molecule is COc1ccc2cccnc2c1S(N)(=O)=O. The summed E-state index contributed by atoms with van der Waals surface area (Å²) < 4.78 is 27.9. The number of hydrogen-bond acceptors (Lipinski definition) is 4. The second kappa shape index (κ2) is 3.73. The van der Waals surface area contributed by atoms with E-state index in [0.717, 1.165) is 0 Å². The highest BCUT2D eigenvalue weighted by atomic mass is 32.2. The maximum absolute atomic E-state index is 11.5. The Balaban J connectivity index is 2.95. The molecule has 0 spiro atoms. The molecule has 1 heterocycles. The van der Waals surface area contributed by atoms with E-state index >= 15 is 0 Å². The molecule has 84 valence electrons. The summed E-state index contributed by atoms with van der Waals surface area (Å²) in [5.41, 5.74) is 0.323. The summed E-state index contributed by atoms with van der Waals surface area (Å²) in [4.78, 5) is 3.94. The van der Waals surface area contributed by atoms with Gasteiger partial charge in [0, 0.05) is 11.6 Å². The minimum absolute atomic E-state index is 0.0758. The molecule has 0 atom stereocenters. The molecular weight excluding hydrogens is 228 g/mol. The van der Waals surface area contributed by atoms with Gasteiger partial charge in [-0.15, -0.1) is 0 Å². The van der Waals surface area contributed by atoms with Crippen molar-refractivity contribution in [3.05, 3.63) is 30.5 Å². The van der Waals surface area contributed by atoms with Crippen LogP contribution in [0.2, 0.25) is 0 Å². The number of hydrogen-bond donors (Lipinski definition) is 1. The minimum atomic E-state index is -3.86. The normalized spacial score (nSPS) is 11.6. The molecule has 0 bridgehead atoms. The predicted molar refractivity (Wildman–Crippen MR) is 59.7 cm³/mol. The van der Waals surface area contributed by atoms with E-state index in [1.165, 1.54) is 13.3 Å². The van der Waals surface area contributed by atoms with E-state index < -0.39 is 10.0 Å². The molecule has 2 rings (SSSR count). The molecule has 1 aromatic carbocycles. The second-order valence-corrected chi connectivity index (χ2v) is 4.72. The van der Waals surface area contributed by atoms with Crippen molar-refractivity contribution in [2.24, 2.45) is 5.14 Å². The lowest BCUT2D eigenvalue weighted by Crippen LogP contribution is -2.14. The standard InChI is InChI=1S/C10H10N2O3S/c1-15-8-5-4-7-3-2-6-12-9(7)10(8)16(11,13)14/h2-6H,1H3,(H2,11,13,14). The number of benzene rings is 1. The number of primary sulfonamides is 1. The lowest BCUT2D eigenvalue weighted by atomic mass is 10.2. The van der Waals surface area contributed by atoms with Gasteiger partial charge in [-0.05, 0) is 18.2 Å². The van der Waals surface area contributed by atoms with Crippen LogP contribution in [0.5, 0.6) is 5.75 Å². The summed E-state index contributed by atoms with van der Waals surface area (Å²) in [6.45, 7) is 0. The largest absolute Gasteiger partial charge is 0.495 e. The van der Waals surface area contributed by atoms with Crippen LogP contribution in [0, 0.1) is 0 Å². The number of methoxy groups -OCH3 is 1. The van der Waals surface area contributed by atoms with Crippen LogP contribution in [0.3, 0.4) is 0 Å². The van der Waals surface area contributed by atoms with E-state index in [4.69, 9.17) is 9.88 Å². The van der Waals surface area contributed by atoms with Gasteiger partial charge in [0.1, 0.15) is 10.6 Å². The van der Waals surface area contributed by atoms with Crippen LogP contribution in [0.1, 0.15) is 0 Å². The lowest BCUT2D eigenvalue weighted by Gasteiger charge is -2.08. The molecule has 1 aromatic heterocycles. The number of sulfonamides is 1. The predicted octanol–water partition coefficient (Wildman–Crippen LogP) is 0.891. The number of nitrogens with two attached hydrogens (primary N) is 1. The van der Waals surface area contributed by atoms with Crippen LogP contribution in [-0.2, 0) is 10.0 Å². The van der Waals surface area contributed by atoms with Crippen LogP contribution >= 0.6 is 0 Å². The van der Waals surface area contributed by atoms with Crippen LogP contribution in [0.25, 0.3) is 10.9 Å². The first-order valence-corrected chi connectivity index (χ1v) is 6.03. The molecule has 16 heavy (non-hydrogen) atoms. The van der Waals surface area contributed by atoms with Crippen molar-refractivity contribution in [2.45, 2.75) is 4.90 Å². The van der Waals surface area contributed by atoms with Gasteiger partial charge in [-0.1, -0.05) is 6.07 Å². The molecule has 0 aliphatic rings. The average Bonchev–Trinajstić information content (AvgIpc) is 2.26. The third-order valence-corrected chi connectivity index (χ3v) is 3.16. The molecule has 0 unspecified atom stereocenters. The van der Waals surface area contributed by atoms with E-state index in [2.05, 4.69) is 4.98 Å². The highest BCUT2D eigenvalue weighted by molar-refractivity contribution is 7.89. The van der Waals surface area contributed by atoms with E-state index in [-0.39, 0.29) is 10.6 Å². The summed E-state index contributed by atoms with van der Waals surface area (Å²) in [6.07, 6.45) is 1.51. The Labute approximate surface area is 92.9 Å². The molecule has 2 N–H and O–H groups in total. The lowest BCUT2D eigenvalue weighted by molar-refractivity contribution is 0.404. The molecular formula is C10H10N2O3S. The molecule has 2 aromatic rings. The van der Waals surface area contributed by atoms with E-state index in [1.807, 2.05) is 0 Å². The highest BCUT2D eigenvalue weighted by Gasteiger charge is 2.19. The zero-order valence-electron chi connectivity index (χ0n) is 8.54. The molecule has 0 amide bonds. The Bertz CT molecular complexity index is 638. The van der Waals surface area contributed by atoms with Gasteiger partial charge >= 0.3 is 0 Å². The zero-order valence-corrected chi connectivity index (χ0v) is 9.36.